The van der Waals surface area contributed by atoms with Crippen LogP contribution in [0.5, 0.6) is 0 Å². The van der Waals surface area contributed by atoms with Gasteiger partial charge in [0.05, 0.1) is 12.1 Å². The average molecular weight is 430 g/mol. The van der Waals surface area contributed by atoms with E-state index < -0.39 is 17.7 Å². The van der Waals surface area contributed by atoms with E-state index in [1.807, 2.05) is 48.5 Å². The summed E-state index contributed by atoms with van der Waals surface area (Å²) in [5.41, 5.74) is 3.79. The highest BCUT2D eigenvalue weighted by Crippen LogP contribution is 2.20. The molecule has 1 aliphatic rings. The van der Waals surface area contributed by atoms with Crippen LogP contribution in [0.15, 0.2) is 77.9 Å². The fourth-order valence-electron chi connectivity index (χ4n) is 3.39. The van der Waals surface area contributed by atoms with E-state index in [2.05, 4.69) is 15.8 Å². The Hall–Kier alpha value is -3.91. The van der Waals surface area contributed by atoms with Crippen LogP contribution in [0.1, 0.15) is 5.56 Å². The minimum atomic E-state index is -1.20. The molecule has 31 heavy (non-hydrogen) atoms. The zero-order chi connectivity index (χ0) is 21.8. The summed E-state index contributed by atoms with van der Waals surface area (Å²) in [5.74, 6) is -2.68. The van der Waals surface area contributed by atoms with Crippen LogP contribution >= 0.6 is 12.2 Å². The van der Waals surface area contributed by atoms with Crippen molar-refractivity contribution in [2.24, 2.45) is 11.0 Å². The van der Waals surface area contributed by atoms with Gasteiger partial charge >= 0.3 is 0 Å². The van der Waals surface area contributed by atoms with E-state index in [0.717, 1.165) is 22.6 Å². The number of fused-ring (bicyclic) bond motifs is 1. The summed E-state index contributed by atoms with van der Waals surface area (Å²) >= 11 is 5.14. The second-order valence-corrected chi connectivity index (χ2v) is 7.30. The largest absolute Gasteiger partial charge is 0.301 e. The zero-order valence-electron chi connectivity index (χ0n) is 16.3. The molecule has 2 N–H and O–H groups in total. The lowest BCUT2D eigenvalue weighted by molar-refractivity contribution is -0.130. The molecule has 1 saturated heterocycles. The van der Waals surface area contributed by atoms with Crippen molar-refractivity contribution in [3.05, 3.63) is 78.4 Å². The minimum absolute atomic E-state index is 0.00541. The van der Waals surface area contributed by atoms with E-state index in [1.165, 1.54) is 4.90 Å². The zero-order valence-corrected chi connectivity index (χ0v) is 17.1. The molecule has 0 bridgehead atoms. The molecule has 0 aliphatic carbocycles. The summed E-state index contributed by atoms with van der Waals surface area (Å²) < 4.78 is 0. The quantitative estimate of drug-likeness (QED) is 0.282. The Morgan fingerprint density at radius 2 is 1.74 bits per heavy atom. The molecule has 0 unspecified atom stereocenters. The van der Waals surface area contributed by atoms with Gasteiger partial charge in [0.15, 0.2) is 11.0 Å². The van der Waals surface area contributed by atoms with E-state index in [-0.39, 0.29) is 17.4 Å². The van der Waals surface area contributed by atoms with Crippen molar-refractivity contribution in [2.45, 2.75) is 6.42 Å². The van der Waals surface area contributed by atoms with Crippen LogP contribution in [0.25, 0.3) is 10.8 Å². The van der Waals surface area contributed by atoms with Crippen molar-refractivity contribution < 1.29 is 14.4 Å². The van der Waals surface area contributed by atoms with Gasteiger partial charge in [0.2, 0.25) is 11.8 Å². The smallest absolute Gasteiger partial charge is 0.251 e. The summed E-state index contributed by atoms with van der Waals surface area (Å²) in [6, 6.07) is 22.3. The summed E-state index contributed by atoms with van der Waals surface area (Å²) in [5, 5.41) is 8.38. The molecule has 154 valence electrons. The van der Waals surface area contributed by atoms with Gasteiger partial charge in [-0.15, -0.1) is 0 Å². The van der Waals surface area contributed by atoms with Crippen molar-refractivity contribution in [1.82, 2.24) is 10.7 Å². The normalized spacial score (nSPS) is 16.6. The second-order valence-electron chi connectivity index (χ2n) is 6.91. The molecule has 8 heteroatoms. The van der Waals surface area contributed by atoms with E-state index in [4.69, 9.17) is 12.2 Å². The number of nitrogens with one attached hydrogen (secondary N) is 2. The van der Waals surface area contributed by atoms with E-state index in [1.54, 1.807) is 24.3 Å². The van der Waals surface area contributed by atoms with Gasteiger partial charge in [0.25, 0.3) is 5.91 Å². The van der Waals surface area contributed by atoms with E-state index >= 15 is 0 Å². The summed E-state index contributed by atoms with van der Waals surface area (Å²) in [6.07, 6.45) is 1.24. The van der Waals surface area contributed by atoms with Crippen LogP contribution in [-0.2, 0) is 20.8 Å². The van der Waals surface area contributed by atoms with E-state index in [9.17, 15) is 14.4 Å². The molecule has 0 aromatic heterocycles. The third-order valence-corrected chi connectivity index (χ3v) is 5.14. The molecular weight excluding hydrogens is 412 g/mol. The summed E-state index contributed by atoms with van der Waals surface area (Å²) in [6.45, 7) is 0. The van der Waals surface area contributed by atoms with Gasteiger partial charge in [-0.1, -0.05) is 60.7 Å². The predicted octanol–water partition coefficient (Wildman–Crippen LogP) is 2.55. The van der Waals surface area contributed by atoms with Gasteiger partial charge in [-0.3, -0.25) is 19.3 Å². The van der Waals surface area contributed by atoms with Crippen LogP contribution in [0.2, 0.25) is 0 Å². The number of hydrazone groups is 1. The Labute approximate surface area is 183 Å². The van der Waals surface area contributed by atoms with Crippen LogP contribution in [0.3, 0.4) is 0 Å². The first-order valence-electron chi connectivity index (χ1n) is 9.57. The van der Waals surface area contributed by atoms with Gasteiger partial charge in [0.1, 0.15) is 0 Å². The van der Waals surface area contributed by atoms with E-state index in [0.29, 0.717) is 5.69 Å². The number of carbonyl (C=O) groups is 3. The molecule has 0 spiro atoms. The molecule has 3 aromatic carbocycles. The van der Waals surface area contributed by atoms with Crippen LogP contribution in [-0.4, -0.2) is 29.0 Å². The van der Waals surface area contributed by atoms with Gasteiger partial charge in [-0.25, -0.2) is 5.43 Å². The van der Waals surface area contributed by atoms with Gasteiger partial charge < -0.3 is 5.32 Å². The molecule has 7 nitrogen and oxygen atoms in total. The fourth-order valence-corrected chi connectivity index (χ4v) is 3.68. The molecule has 1 heterocycles. The molecule has 0 radical (unpaired) electrons. The standard InChI is InChI=1S/C23H18N4O3S/c28-20(13-16-9-6-8-15-7-4-5-12-18(15)16)26-24-14-19-21(29)25-23(31)27(22(19)30)17-10-2-1-3-11-17/h1-12,14,19H,13H2,(H,26,28)(H,25,29,31)/b24-14-/t19-/m0/s1. The number of amides is 3. The Morgan fingerprint density at radius 1 is 1.03 bits per heavy atom. The highest BCUT2D eigenvalue weighted by molar-refractivity contribution is 7.80. The second kappa shape index (κ2) is 8.85. The van der Waals surface area contributed by atoms with Crippen molar-refractivity contribution in [1.29, 1.82) is 0 Å². The first kappa shape index (κ1) is 20.4. The Bertz CT molecular complexity index is 1200. The molecule has 3 aromatic rings. The lowest BCUT2D eigenvalue weighted by atomic mass is 10.0. The lowest BCUT2D eigenvalue weighted by Gasteiger charge is -2.30. The highest BCUT2D eigenvalue weighted by Gasteiger charge is 2.38. The highest BCUT2D eigenvalue weighted by atomic mass is 32.1. The van der Waals surface area contributed by atoms with Gasteiger partial charge in [-0.2, -0.15) is 5.10 Å². The number of hydrogen-bond donors (Lipinski definition) is 2. The summed E-state index contributed by atoms with van der Waals surface area (Å²) in [4.78, 5) is 38.7. The number of hydrogen-bond acceptors (Lipinski definition) is 5. The number of thiocarbonyl (C=S) groups is 1. The molecule has 1 aliphatic heterocycles. The maximum absolute atomic E-state index is 12.8. The fraction of sp³-hybridized carbons (Fsp3) is 0.0870. The number of benzene rings is 3. The number of para-hydroxylation sites is 1. The average Bonchev–Trinajstić information content (AvgIpc) is 2.77. The minimum Gasteiger partial charge on any atom is -0.301 e. The third-order valence-electron chi connectivity index (χ3n) is 4.86. The Morgan fingerprint density at radius 3 is 2.55 bits per heavy atom. The maximum atomic E-state index is 12.8. The topological polar surface area (TPSA) is 90.9 Å². The molecular formula is C23H18N4O3S. The monoisotopic (exact) mass is 430 g/mol. The first-order valence-corrected chi connectivity index (χ1v) is 9.98. The van der Waals surface area contributed by atoms with Crippen molar-refractivity contribution in [2.75, 3.05) is 4.90 Å². The molecule has 0 saturated carbocycles. The lowest BCUT2D eigenvalue weighted by Crippen LogP contribution is -2.58. The molecule has 1 fully saturated rings. The summed E-state index contributed by atoms with van der Waals surface area (Å²) in [7, 11) is 0. The van der Waals surface area contributed by atoms with Crippen LogP contribution in [0.4, 0.5) is 5.69 Å². The Kier molecular flexibility index (Phi) is 5.81. The third kappa shape index (κ3) is 4.34. The van der Waals surface area contributed by atoms with Gasteiger partial charge in [-0.05, 0) is 40.7 Å². The van der Waals surface area contributed by atoms with Crippen LogP contribution in [0, 0.1) is 5.92 Å². The number of rotatable bonds is 5. The number of carbonyl (C=O) groups excluding carboxylic acids is 3. The predicted molar refractivity (Wildman–Crippen MR) is 122 cm³/mol. The van der Waals surface area contributed by atoms with Crippen molar-refractivity contribution >= 4 is 57.7 Å². The van der Waals surface area contributed by atoms with Gasteiger partial charge in [0, 0.05) is 6.21 Å². The van der Waals surface area contributed by atoms with Crippen LogP contribution < -0.4 is 15.6 Å². The SMILES string of the molecule is O=C(Cc1cccc2ccccc12)N/N=C\[C@H]1C(=O)NC(=S)N(c2ccccc2)C1=O. The number of anilines is 1. The maximum Gasteiger partial charge on any atom is 0.251 e. The number of nitrogens with zero attached hydrogens (tertiary/aromatic N) is 2. The molecule has 1 atom stereocenters. The van der Waals surface area contributed by atoms with Crippen molar-refractivity contribution in [3.63, 3.8) is 0 Å². The molecule has 4 rings (SSSR count). The Balaban J connectivity index is 1.45. The first-order chi connectivity index (χ1) is 15.0. The molecule has 3 amide bonds. The van der Waals surface area contributed by atoms with Crippen molar-refractivity contribution in [3.8, 4) is 0 Å².